The fourth-order valence-corrected chi connectivity index (χ4v) is 4.46. The minimum Gasteiger partial charge on any atom is -0.382 e. The summed E-state index contributed by atoms with van der Waals surface area (Å²) in [6.07, 6.45) is 2.56. The van der Waals surface area contributed by atoms with Crippen LogP contribution in [0.3, 0.4) is 0 Å². The van der Waals surface area contributed by atoms with Gasteiger partial charge in [-0.1, -0.05) is 0 Å². The van der Waals surface area contributed by atoms with Gasteiger partial charge in [-0.15, -0.1) is 0 Å². The Balaban J connectivity index is 1.35. The first-order valence-electron chi connectivity index (χ1n) is 10.4. The minimum atomic E-state index is -0.259. The molecule has 0 amide bonds. The number of hydrogen-bond acceptors (Lipinski definition) is 7. The number of pyridine rings is 1. The number of benzene rings is 1. The topological polar surface area (TPSA) is 80.4 Å². The van der Waals surface area contributed by atoms with Gasteiger partial charge in [-0.25, -0.2) is 19.3 Å². The molecule has 0 aliphatic carbocycles. The van der Waals surface area contributed by atoms with E-state index >= 15 is 0 Å². The summed E-state index contributed by atoms with van der Waals surface area (Å²) in [5.74, 6) is 0.0651. The van der Waals surface area contributed by atoms with Crippen molar-refractivity contribution in [2.75, 3.05) is 45.1 Å². The maximum atomic E-state index is 14.4. The summed E-state index contributed by atoms with van der Waals surface area (Å²) in [5.41, 5.74) is 9.50. The number of hydrogen-bond donors (Lipinski definition) is 1. The molecule has 2 N–H and O–H groups in total. The smallest absolute Gasteiger partial charge is 0.153 e. The number of fused-ring (bicyclic) bond motifs is 1. The highest BCUT2D eigenvalue weighted by Gasteiger charge is 2.28. The lowest BCUT2D eigenvalue weighted by Gasteiger charge is -2.32. The predicted molar refractivity (Wildman–Crippen MR) is 113 cm³/mol. The molecule has 2 fully saturated rings. The molecule has 4 heterocycles. The summed E-state index contributed by atoms with van der Waals surface area (Å²) >= 11 is 0. The number of aromatic nitrogens is 3. The maximum Gasteiger partial charge on any atom is 0.153 e. The molecule has 3 aromatic rings. The highest BCUT2D eigenvalue weighted by Crippen LogP contribution is 2.26. The third-order valence-corrected chi connectivity index (χ3v) is 5.98. The molecule has 2 aromatic heterocycles. The van der Waals surface area contributed by atoms with E-state index in [4.69, 9.17) is 10.5 Å². The Labute approximate surface area is 174 Å². The van der Waals surface area contributed by atoms with Crippen LogP contribution in [0.2, 0.25) is 0 Å². The van der Waals surface area contributed by atoms with Crippen molar-refractivity contribution < 1.29 is 9.13 Å². The van der Waals surface area contributed by atoms with Crippen LogP contribution in [0.25, 0.3) is 22.3 Å². The lowest BCUT2D eigenvalue weighted by Crippen LogP contribution is -2.44. The standard InChI is InChI=1S/C22H25FN6O/c23-17-10-15(12-28-4-3-18(13-28)29-5-7-30-8-6-29)9-16(11-17)19-1-2-20-21(27-19)22(24)26-14-25-20/h1-2,9-11,14,18H,3-8,12-13H2,(H2,24,25,26). The fraction of sp³-hybridized carbons (Fsp3) is 0.409. The number of rotatable bonds is 4. The summed E-state index contributed by atoms with van der Waals surface area (Å²) in [7, 11) is 0. The molecule has 1 aromatic carbocycles. The molecule has 0 spiro atoms. The first-order chi connectivity index (χ1) is 14.7. The normalized spacial score (nSPS) is 20.8. The Hall–Kier alpha value is -2.68. The van der Waals surface area contributed by atoms with Crippen LogP contribution in [0.5, 0.6) is 0 Å². The van der Waals surface area contributed by atoms with Crippen molar-refractivity contribution in [1.29, 1.82) is 0 Å². The first kappa shape index (κ1) is 19.3. The molecule has 7 nitrogen and oxygen atoms in total. The summed E-state index contributed by atoms with van der Waals surface area (Å²) in [5, 5.41) is 0. The molecule has 2 aliphatic heterocycles. The van der Waals surface area contributed by atoms with E-state index in [1.54, 1.807) is 6.07 Å². The molecular formula is C22H25FN6O. The van der Waals surface area contributed by atoms with Crippen LogP contribution >= 0.6 is 0 Å². The summed E-state index contributed by atoms with van der Waals surface area (Å²) in [4.78, 5) is 17.7. The van der Waals surface area contributed by atoms with E-state index in [0.717, 1.165) is 63.5 Å². The van der Waals surface area contributed by atoms with Crippen molar-refractivity contribution in [1.82, 2.24) is 24.8 Å². The SMILES string of the molecule is Nc1ncnc2ccc(-c3cc(F)cc(CN4CCC(N5CCOCC5)C4)c3)nc12. The van der Waals surface area contributed by atoms with Crippen molar-refractivity contribution in [2.24, 2.45) is 0 Å². The van der Waals surface area contributed by atoms with Crippen LogP contribution in [0, 0.1) is 5.82 Å². The Kier molecular flexibility index (Phi) is 5.28. The summed E-state index contributed by atoms with van der Waals surface area (Å²) < 4.78 is 19.9. The molecule has 8 heteroatoms. The zero-order valence-electron chi connectivity index (χ0n) is 16.8. The lowest BCUT2D eigenvalue weighted by atomic mass is 10.1. The molecule has 0 bridgehead atoms. The van der Waals surface area contributed by atoms with Gasteiger partial charge in [-0.05, 0) is 42.3 Å². The van der Waals surface area contributed by atoms with E-state index in [1.807, 2.05) is 18.2 Å². The van der Waals surface area contributed by atoms with Gasteiger partial charge in [0.05, 0.1) is 24.4 Å². The van der Waals surface area contributed by atoms with Crippen LogP contribution in [-0.4, -0.2) is 70.2 Å². The second-order valence-corrected chi connectivity index (χ2v) is 8.00. The zero-order valence-corrected chi connectivity index (χ0v) is 16.8. The molecule has 1 unspecified atom stereocenters. The van der Waals surface area contributed by atoms with E-state index in [0.29, 0.717) is 28.6 Å². The molecule has 0 saturated carbocycles. The number of nitrogens with two attached hydrogens (primary N) is 1. The molecule has 0 radical (unpaired) electrons. The minimum absolute atomic E-state index is 0.259. The number of halogens is 1. The van der Waals surface area contributed by atoms with E-state index in [-0.39, 0.29) is 5.82 Å². The lowest BCUT2D eigenvalue weighted by molar-refractivity contribution is 0.0184. The fourth-order valence-electron chi connectivity index (χ4n) is 4.46. The van der Waals surface area contributed by atoms with Crippen LogP contribution in [0.1, 0.15) is 12.0 Å². The molecule has 156 valence electrons. The molecule has 2 saturated heterocycles. The summed E-state index contributed by atoms with van der Waals surface area (Å²) in [6, 6.07) is 9.39. The van der Waals surface area contributed by atoms with Crippen LogP contribution in [0.4, 0.5) is 10.2 Å². The highest BCUT2D eigenvalue weighted by atomic mass is 19.1. The van der Waals surface area contributed by atoms with E-state index in [1.165, 1.54) is 12.4 Å². The maximum absolute atomic E-state index is 14.4. The third kappa shape index (κ3) is 3.98. The number of nitrogen functional groups attached to an aromatic ring is 1. The second kappa shape index (κ2) is 8.22. The van der Waals surface area contributed by atoms with Crippen LogP contribution < -0.4 is 5.73 Å². The molecule has 30 heavy (non-hydrogen) atoms. The third-order valence-electron chi connectivity index (χ3n) is 5.98. The number of ether oxygens (including phenoxy) is 1. The molecule has 1 atom stereocenters. The number of anilines is 1. The van der Waals surface area contributed by atoms with Crippen LogP contribution in [-0.2, 0) is 11.3 Å². The van der Waals surface area contributed by atoms with Crippen molar-refractivity contribution in [3.05, 3.63) is 48.0 Å². The number of morpholine rings is 1. The molecular weight excluding hydrogens is 383 g/mol. The monoisotopic (exact) mass is 408 g/mol. The van der Waals surface area contributed by atoms with Gasteiger partial charge < -0.3 is 10.5 Å². The Morgan fingerprint density at radius 1 is 1.10 bits per heavy atom. The second-order valence-electron chi connectivity index (χ2n) is 8.00. The Bertz CT molecular complexity index is 1050. The van der Waals surface area contributed by atoms with E-state index < -0.39 is 0 Å². The highest BCUT2D eigenvalue weighted by molar-refractivity contribution is 5.85. The van der Waals surface area contributed by atoms with Gasteiger partial charge in [0.2, 0.25) is 0 Å². The number of nitrogens with zero attached hydrogens (tertiary/aromatic N) is 5. The van der Waals surface area contributed by atoms with E-state index in [2.05, 4.69) is 24.8 Å². The van der Waals surface area contributed by atoms with Gasteiger partial charge in [0.1, 0.15) is 17.7 Å². The van der Waals surface area contributed by atoms with Gasteiger partial charge in [0.25, 0.3) is 0 Å². The van der Waals surface area contributed by atoms with Crippen LogP contribution in [0.15, 0.2) is 36.7 Å². The first-order valence-corrected chi connectivity index (χ1v) is 10.4. The largest absolute Gasteiger partial charge is 0.382 e. The zero-order chi connectivity index (χ0) is 20.5. The predicted octanol–water partition coefficient (Wildman–Crippen LogP) is 2.32. The van der Waals surface area contributed by atoms with Crippen molar-refractivity contribution in [2.45, 2.75) is 19.0 Å². The van der Waals surface area contributed by atoms with Gasteiger partial charge in [-0.2, -0.15) is 0 Å². The summed E-state index contributed by atoms with van der Waals surface area (Å²) in [6.45, 7) is 6.40. The Morgan fingerprint density at radius 2 is 1.97 bits per heavy atom. The quantitative estimate of drug-likeness (QED) is 0.710. The average Bonchev–Trinajstić information content (AvgIpc) is 3.22. The Morgan fingerprint density at radius 3 is 2.83 bits per heavy atom. The van der Waals surface area contributed by atoms with Gasteiger partial charge in [-0.3, -0.25) is 9.80 Å². The van der Waals surface area contributed by atoms with Crippen molar-refractivity contribution >= 4 is 16.9 Å². The number of likely N-dealkylation sites (tertiary alicyclic amines) is 1. The van der Waals surface area contributed by atoms with Gasteiger partial charge in [0, 0.05) is 44.3 Å². The van der Waals surface area contributed by atoms with Gasteiger partial charge >= 0.3 is 0 Å². The average molecular weight is 408 g/mol. The van der Waals surface area contributed by atoms with Gasteiger partial charge in [0.15, 0.2) is 5.82 Å². The van der Waals surface area contributed by atoms with Crippen molar-refractivity contribution in [3.8, 4) is 11.3 Å². The molecule has 5 rings (SSSR count). The molecule has 2 aliphatic rings. The van der Waals surface area contributed by atoms with E-state index in [9.17, 15) is 4.39 Å². The van der Waals surface area contributed by atoms with Crippen molar-refractivity contribution in [3.63, 3.8) is 0 Å².